The summed E-state index contributed by atoms with van der Waals surface area (Å²) in [6, 6.07) is 0. The summed E-state index contributed by atoms with van der Waals surface area (Å²) in [5.74, 6) is -1.70. The van der Waals surface area contributed by atoms with E-state index in [1.807, 2.05) is 0 Å². The summed E-state index contributed by atoms with van der Waals surface area (Å²) >= 11 is 0. The van der Waals surface area contributed by atoms with Crippen LogP contribution in [0.15, 0.2) is 0 Å². The van der Waals surface area contributed by atoms with Crippen LogP contribution in [0.3, 0.4) is 0 Å². The number of hydrogen-bond donors (Lipinski definition) is 9. The van der Waals surface area contributed by atoms with Crippen LogP contribution in [-0.4, -0.2) is 118 Å². The van der Waals surface area contributed by atoms with Crippen LogP contribution in [0, 0.1) is 28.6 Å². The van der Waals surface area contributed by atoms with E-state index in [0.29, 0.717) is 25.7 Å². The Balaban J connectivity index is 1.63. The van der Waals surface area contributed by atoms with Crippen LogP contribution < -0.4 is 0 Å². The molecule has 0 unspecified atom stereocenters. The zero-order valence-electron chi connectivity index (χ0n) is 21.9. The van der Waals surface area contributed by atoms with Crippen LogP contribution in [0.4, 0.5) is 0 Å². The van der Waals surface area contributed by atoms with Gasteiger partial charge in [-0.2, -0.15) is 0 Å². The second-order valence-electron chi connectivity index (χ2n) is 13.6. The Morgan fingerprint density at radius 1 is 0.838 bits per heavy atom. The number of aliphatic hydroxyl groups is 9. The second-order valence-corrected chi connectivity index (χ2v) is 13.6. The molecule has 0 aromatic heterocycles. The van der Waals surface area contributed by atoms with Crippen LogP contribution in [0.25, 0.3) is 0 Å². The van der Waals surface area contributed by atoms with Crippen molar-refractivity contribution in [3.05, 3.63) is 0 Å². The topological polar surface area (TPSA) is 201 Å². The smallest absolute Gasteiger partial charge is 0.187 e. The van der Waals surface area contributed by atoms with Crippen molar-refractivity contribution in [2.75, 3.05) is 6.61 Å². The largest absolute Gasteiger partial charge is 0.394 e. The highest BCUT2D eigenvalue weighted by Gasteiger charge is 2.77. The summed E-state index contributed by atoms with van der Waals surface area (Å²) in [5, 5.41) is 99.3. The van der Waals surface area contributed by atoms with Gasteiger partial charge in [-0.3, -0.25) is 0 Å². The number of hydrogen-bond acceptors (Lipinski definition) is 11. The summed E-state index contributed by atoms with van der Waals surface area (Å²) in [4.78, 5) is 0. The highest BCUT2D eigenvalue weighted by Crippen LogP contribution is 2.70. The maximum absolute atomic E-state index is 12.5. The van der Waals surface area contributed by atoms with Gasteiger partial charge in [0.2, 0.25) is 0 Å². The molecule has 214 valence electrons. The fourth-order valence-electron chi connectivity index (χ4n) is 9.35. The van der Waals surface area contributed by atoms with Crippen molar-refractivity contribution >= 4 is 0 Å². The molecular formula is C26H44O11. The lowest BCUT2D eigenvalue weighted by molar-refractivity contribution is -0.335. The van der Waals surface area contributed by atoms with Gasteiger partial charge in [0.25, 0.3) is 0 Å². The molecule has 15 atom stereocenters. The fourth-order valence-corrected chi connectivity index (χ4v) is 9.35. The van der Waals surface area contributed by atoms with E-state index < -0.39 is 95.1 Å². The first kappa shape index (κ1) is 28.1. The highest BCUT2D eigenvalue weighted by molar-refractivity contribution is 5.26. The van der Waals surface area contributed by atoms with Crippen molar-refractivity contribution in [3.63, 3.8) is 0 Å². The molecule has 0 radical (unpaired) electrons. The molecule has 4 aliphatic carbocycles. The molecule has 9 N–H and O–H groups in total. The lowest BCUT2D eigenvalue weighted by Gasteiger charge is -2.50. The van der Waals surface area contributed by atoms with Gasteiger partial charge in [-0.25, -0.2) is 0 Å². The summed E-state index contributed by atoms with van der Waals surface area (Å²) in [6.45, 7) is 5.87. The van der Waals surface area contributed by atoms with Crippen molar-refractivity contribution < 1.29 is 55.4 Å². The summed E-state index contributed by atoms with van der Waals surface area (Å²) in [5.41, 5.74) is -6.75. The Hall–Kier alpha value is -0.440. The van der Waals surface area contributed by atoms with Crippen LogP contribution in [0.2, 0.25) is 0 Å². The highest BCUT2D eigenvalue weighted by atomic mass is 16.7. The van der Waals surface area contributed by atoms with E-state index in [2.05, 4.69) is 0 Å². The van der Waals surface area contributed by atoms with Crippen LogP contribution >= 0.6 is 0 Å². The van der Waals surface area contributed by atoms with Gasteiger partial charge >= 0.3 is 0 Å². The van der Waals surface area contributed by atoms with E-state index >= 15 is 0 Å². The first-order valence-electron chi connectivity index (χ1n) is 13.4. The molecule has 1 saturated heterocycles. The van der Waals surface area contributed by atoms with Gasteiger partial charge in [-0.1, -0.05) is 13.8 Å². The predicted octanol–water partition coefficient (Wildman–Crippen LogP) is -2.01. The Morgan fingerprint density at radius 2 is 1.49 bits per heavy atom. The molecule has 4 saturated carbocycles. The van der Waals surface area contributed by atoms with Crippen molar-refractivity contribution in [2.24, 2.45) is 28.6 Å². The van der Waals surface area contributed by atoms with Gasteiger partial charge in [-0.05, 0) is 63.2 Å². The molecule has 11 heteroatoms. The van der Waals surface area contributed by atoms with Crippen molar-refractivity contribution in [3.8, 4) is 0 Å². The second kappa shape index (κ2) is 8.53. The minimum absolute atomic E-state index is 0.0245. The van der Waals surface area contributed by atoms with Crippen LogP contribution in [-0.2, 0) is 9.47 Å². The first-order chi connectivity index (χ1) is 17.0. The zero-order chi connectivity index (χ0) is 27.5. The van der Waals surface area contributed by atoms with Gasteiger partial charge in [0.1, 0.15) is 30.0 Å². The monoisotopic (exact) mass is 532 g/mol. The molecule has 2 bridgehead atoms. The van der Waals surface area contributed by atoms with E-state index in [0.717, 1.165) is 0 Å². The van der Waals surface area contributed by atoms with E-state index in [4.69, 9.17) is 9.47 Å². The van der Waals surface area contributed by atoms with E-state index in [9.17, 15) is 46.0 Å². The SMILES string of the molecule is CC1(C)[C@@H](O)[C@@H](O)[C@H]2[C@@](C)(O)[C@@H]3CC[C@@H]4C[C@@]3(C[C@@H](O[C@@H]3O[C@H](CO)[C@@H](O)[C@H](O)[C@H]3O)[C@@]21O)C[C@@]4(C)O. The first-order valence-corrected chi connectivity index (χ1v) is 13.4. The molecule has 5 rings (SSSR count). The zero-order valence-corrected chi connectivity index (χ0v) is 21.9. The quantitative estimate of drug-likeness (QED) is 0.194. The van der Waals surface area contributed by atoms with Gasteiger partial charge in [-0.15, -0.1) is 0 Å². The number of ether oxygens (including phenoxy) is 2. The minimum Gasteiger partial charge on any atom is -0.394 e. The van der Waals surface area contributed by atoms with E-state index in [-0.39, 0.29) is 12.3 Å². The number of rotatable bonds is 3. The van der Waals surface area contributed by atoms with Gasteiger partial charge < -0.3 is 55.4 Å². The number of fused-ring (bicyclic) bond motifs is 2. The number of aliphatic hydroxyl groups excluding tert-OH is 6. The summed E-state index contributed by atoms with van der Waals surface area (Å²) < 4.78 is 11.9. The third kappa shape index (κ3) is 3.59. The standard InChI is InChI=1S/C26H44O11/c1-22(2)20(32)18(31)19-24(4,34)13-6-5-11-7-25(13,10-23(11,3)33)8-14(26(19,22)35)37-21-17(30)16(29)15(28)12(9-27)36-21/h11-21,27-35H,5-10H2,1-4H3/t11-,12-,13+,14-,15-,16+,17-,18+,19+,20+,21+,23-,24+,25-,26-/m1/s1. The normalized spacial score (nSPS) is 61.1. The average Bonchev–Trinajstić information content (AvgIpc) is 3.06. The molecule has 0 aromatic rings. The van der Waals surface area contributed by atoms with Gasteiger partial charge in [0.05, 0.1) is 36.1 Å². The van der Waals surface area contributed by atoms with E-state index in [1.54, 1.807) is 27.7 Å². The molecule has 0 amide bonds. The third-order valence-corrected chi connectivity index (χ3v) is 11.3. The Bertz CT molecular complexity index is 892. The lowest BCUT2D eigenvalue weighted by Crippen LogP contribution is -2.65. The minimum atomic E-state index is -2.02. The van der Waals surface area contributed by atoms with Crippen molar-refractivity contribution in [1.82, 2.24) is 0 Å². The van der Waals surface area contributed by atoms with Gasteiger partial charge in [0, 0.05) is 11.3 Å². The molecular weight excluding hydrogens is 488 g/mol. The van der Waals surface area contributed by atoms with Gasteiger partial charge in [0.15, 0.2) is 6.29 Å². The summed E-state index contributed by atoms with van der Waals surface area (Å²) in [7, 11) is 0. The van der Waals surface area contributed by atoms with Crippen LogP contribution in [0.5, 0.6) is 0 Å². The Kier molecular flexibility index (Phi) is 6.48. The third-order valence-electron chi connectivity index (χ3n) is 11.3. The molecule has 11 nitrogen and oxygen atoms in total. The maximum Gasteiger partial charge on any atom is 0.187 e. The molecule has 1 spiro atoms. The predicted molar refractivity (Wildman–Crippen MR) is 127 cm³/mol. The Labute approximate surface area is 216 Å². The molecule has 1 aliphatic heterocycles. The maximum atomic E-state index is 12.5. The van der Waals surface area contributed by atoms with Crippen molar-refractivity contribution in [1.29, 1.82) is 0 Å². The fraction of sp³-hybridized carbons (Fsp3) is 1.00. The lowest BCUT2D eigenvalue weighted by atomic mass is 9.58. The van der Waals surface area contributed by atoms with Crippen molar-refractivity contribution in [2.45, 2.75) is 126 Å². The van der Waals surface area contributed by atoms with Crippen LogP contribution in [0.1, 0.15) is 59.8 Å². The molecule has 1 heterocycles. The molecule has 5 aliphatic rings. The summed E-state index contributed by atoms with van der Waals surface area (Å²) in [6.07, 6.45) is -9.67. The Morgan fingerprint density at radius 3 is 2.11 bits per heavy atom. The molecule has 0 aromatic carbocycles. The average molecular weight is 533 g/mol. The van der Waals surface area contributed by atoms with E-state index in [1.165, 1.54) is 0 Å². The molecule has 5 fully saturated rings. The molecule has 37 heavy (non-hydrogen) atoms.